The van der Waals surface area contributed by atoms with Gasteiger partial charge in [-0.3, -0.25) is 4.90 Å². The average molecular weight is 254 g/mol. The van der Waals surface area contributed by atoms with Gasteiger partial charge in [0.2, 0.25) is 0 Å². The van der Waals surface area contributed by atoms with Crippen LogP contribution in [0, 0.1) is 0 Å². The van der Waals surface area contributed by atoms with Gasteiger partial charge in [0.1, 0.15) is 0 Å². The summed E-state index contributed by atoms with van der Waals surface area (Å²) in [7, 11) is 0. The molecule has 0 saturated carbocycles. The molecular weight excluding hydrogens is 232 g/mol. The van der Waals surface area contributed by atoms with Crippen LogP contribution in [0.25, 0.3) is 0 Å². The van der Waals surface area contributed by atoms with Gasteiger partial charge in [0.05, 0.1) is 16.3 Å². The molecule has 1 aliphatic rings. The summed E-state index contributed by atoms with van der Waals surface area (Å²) >= 11 is 1.74. The molecule has 0 aliphatic carbocycles. The number of aliphatic hydroxyl groups is 1. The smallest absolute Gasteiger partial charge is 0.0982 e. The van der Waals surface area contributed by atoms with E-state index in [-0.39, 0.29) is 5.41 Å². The topological polar surface area (TPSA) is 36.4 Å². The molecule has 2 rings (SSSR count). The number of aromatic nitrogens is 1. The third-order valence-corrected chi connectivity index (χ3v) is 4.43. The van der Waals surface area contributed by atoms with Crippen molar-refractivity contribution >= 4 is 11.3 Å². The Kier molecular flexibility index (Phi) is 3.31. The molecule has 96 valence electrons. The molecule has 17 heavy (non-hydrogen) atoms. The first-order chi connectivity index (χ1) is 7.76. The normalized spacial score (nSPS) is 26.6. The molecule has 2 heterocycles. The number of rotatable bonds is 2. The van der Waals surface area contributed by atoms with Gasteiger partial charge < -0.3 is 5.11 Å². The van der Waals surface area contributed by atoms with E-state index in [1.165, 1.54) is 5.01 Å². The van der Waals surface area contributed by atoms with Gasteiger partial charge in [-0.15, -0.1) is 11.3 Å². The van der Waals surface area contributed by atoms with Crippen molar-refractivity contribution < 1.29 is 5.11 Å². The molecule has 1 saturated heterocycles. The van der Waals surface area contributed by atoms with Crippen molar-refractivity contribution in [3.05, 3.63) is 16.1 Å². The van der Waals surface area contributed by atoms with Crippen LogP contribution in [0.5, 0.6) is 0 Å². The van der Waals surface area contributed by atoms with Crippen LogP contribution in [0.1, 0.15) is 44.8 Å². The lowest BCUT2D eigenvalue weighted by Gasteiger charge is -2.18. The van der Waals surface area contributed by atoms with Crippen LogP contribution in [0.4, 0.5) is 0 Å². The molecule has 1 aromatic heterocycles. The maximum atomic E-state index is 9.92. The minimum Gasteiger partial charge on any atom is -0.389 e. The van der Waals surface area contributed by atoms with Crippen molar-refractivity contribution in [3.8, 4) is 0 Å². The Morgan fingerprint density at radius 1 is 1.53 bits per heavy atom. The summed E-state index contributed by atoms with van der Waals surface area (Å²) in [5.41, 5.74) is 0.764. The van der Waals surface area contributed by atoms with E-state index in [4.69, 9.17) is 0 Å². The van der Waals surface area contributed by atoms with E-state index >= 15 is 0 Å². The van der Waals surface area contributed by atoms with Crippen molar-refractivity contribution in [1.29, 1.82) is 0 Å². The lowest BCUT2D eigenvalue weighted by molar-refractivity contribution is 0.0677. The molecule has 0 amide bonds. The molecule has 1 N–H and O–H groups in total. The van der Waals surface area contributed by atoms with Crippen LogP contribution >= 0.6 is 11.3 Å². The summed E-state index contributed by atoms with van der Waals surface area (Å²) in [5.74, 6) is 0. The van der Waals surface area contributed by atoms with Crippen molar-refractivity contribution in [2.45, 2.75) is 51.7 Å². The van der Waals surface area contributed by atoms with Crippen molar-refractivity contribution in [2.75, 3.05) is 13.1 Å². The number of thiazole rings is 1. The van der Waals surface area contributed by atoms with E-state index < -0.39 is 5.60 Å². The van der Waals surface area contributed by atoms with E-state index in [0.717, 1.165) is 31.7 Å². The fraction of sp³-hybridized carbons (Fsp3) is 0.769. The fourth-order valence-electron chi connectivity index (χ4n) is 2.13. The van der Waals surface area contributed by atoms with Crippen molar-refractivity contribution in [2.24, 2.45) is 0 Å². The third-order valence-electron chi connectivity index (χ3n) is 3.11. The SMILES string of the molecule is CC1(O)CCN(Cc2csc(C(C)(C)C)n2)C1. The summed E-state index contributed by atoms with van der Waals surface area (Å²) in [6, 6.07) is 0. The van der Waals surface area contributed by atoms with Crippen LogP contribution in [0.2, 0.25) is 0 Å². The lowest BCUT2D eigenvalue weighted by Crippen LogP contribution is -2.29. The van der Waals surface area contributed by atoms with Gasteiger partial charge in [0.15, 0.2) is 0 Å². The minimum atomic E-state index is -0.511. The average Bonchev–Trinajstić information content (AvgIpc) is 2.72. The first-order valence-electron chi connectivity index (χ1n) is 6.16. The molecule has 0 radical (unpaired) electrons. The van der Waals surface area contributed by atoms with Crippen LogP contribution in [0.15, 0.2) is 5.38 Å². The Balaban J connectivity index is 1.99. The summed E-state index contributed by atoms with van der Waals surface area (Å²) in [6.45, 7) is 11.1. The molecule has 4 heteroatoms. The highest BCUT2D eigenvalue weighted by Gasteiger charge is 2.31. The zero-order valence-corrected chi connectivity index (χ0v) is 12.0. The standard InChI is InChI=1S/C13H22N2OS/c1-12(2,3)11-14-10(8-17-11)7-15-6-5-13(4,16)9-15/h8,16H,5-7,9H2,1-4H3. The third kappa shape index (κ3) is 3.27. The Bertz CT molecular complexity index is 392. The van der Waals surface area contributed by atoms with Crippen molar-refractivity contribution in [1.82, 2.24) is 9.88 Å². The zero-order chi connectivity index (χ0) is 12.7. The molecule has 0 bridgehead atoms. The predicted octanol–water partition coefficient (Wildman–Crippen LogP) is 2.40. The number of nitrogens with zero attached hydrogens (tertiary/aromatic N) is 2. The van der Waals surface area contributed by atoms with E-state index in [9.17, 15) is 5.11 Å². The van der Waals surface area contributed by atoms with Gasteiger partial charge in [-0.25, -0.2) is 4.98 Å². The van der Waals surface area contributed by atoms with Gasteiger partial charge in [-0.2, -0.15) is 0 Å². The monoisotopic (exact) mass is 254 g/mol. The maximum Gasteiger partial charge on any atom is 0.0982 e. The second kappa shape index (κ2) is 4.34. The first kappa shape index (κ1) is 13.0. The summed E-state index contributed by atoms with van der Waals surface area (Å²) in [5, 5.41) is 13.3. The molecule has 1 aromatic rings. The Morgan fingerprint density at radius 3 is 2.71 bits per heavy atom. The lowest BCUT2D eigenvalue weighted by atomic mass is 9.98. The van der Waals surface area contributed by atoms with Gasteiger partial charge >= 0.3 is 0 Å². The van der Waals surface area contributed by atoms with E-state index in [0.29, 0.717) is 0 Å². The van der Waals surface area contributed by atoms with Crippen LogP contribution in [-0.4, -0.2) is 33.7 Å². The van der Waals surface area contributed by atoms with Crippen LogP contribution in [0.3, 0.4) is 0 Å². The van der Waals surface area contributed by atoms with Gasteiger partial charge in [0, 0.05) is 30.4 Å². The van der Waals surface area contributed by atoms with Crippen LogP contribution in [-0.2, 0) is 12.0 Å². The number of likely N-dealkylation sites (tertiary alicyclic amines) is 1. The second-order valence-corrected chi connectivity index (χ2v) is 7.21. The predicted molar refractivity (Wildman–Crippen MR) is 71.3 cm³/mol. The molecule has 1 atom stereocenters. The summed E-state index contributed by atoms with van der Waals surface area (Å²) < 4.78 is 0. The molecule has 0 spiro atoms. The molecule has 1 fully saturated rings. The van der Waals surface area contributed by atoms with Gasteiger partial charge in [0.25, 0.3) is 0 Å². The van der Waals surface area contributed by atoms with E-state index in [1.807, 2.05) is 6.92 Å². The molecule has 0 aromatic carbocycles. The van der Waals surface area contributed by atoms with Gasteiger partial charge in [-0.05, 0) is 13.3 Å². The minimum absolute atomic E-state index is 0.138. The Morgan fingerprint density at radius 2 is 2.24 bits per heavy atom. The second-order valence-electron chi connectivity index (χ2n) is 6.35. The highest BCUT2D eigenvalue weighted by atomic mass is 32.1. The first-order valence-corrected chi connectivity index (χ1v) is 7.04. The Hall–Kier alpha value is -0.450. The largest absolute Gasteiger partial charge is 0.389 e. The van der Waals surface area contributed by atoms with E-state index in [1.54, 1.807) is 11.3 Å². The zero-order valence-electron chi connectivity index (χ0n) is 11.2. The van der Waals surface area contributed by atoms with E-state index in [2.05, 4.69) is 36.0 Å². The Labute approximate surface area is 107 Å². The summed E-state index contributed by atoms with van der Waals surface area (Å²) in [4.78, 5) is 6.97. The number of hydrogen-bond acceptors (Lipinski definition) is 4. The highest BCUT2D eigenvalue weighted by Crippen LogP contribution is 2.27. The highest BCUT2D eigenvalue weighted by molar-refractivity contribution is 7.09. The molecule has 1 unspecified atom stereocenters. The van der Waals surface area contributed by atoms with Crippen molar-refractivity contribution in [3.63, 3.8) is 0 Å². The number of hydrogen-bond donors (Lipinski definition) is 1. The van der Waals surface area contributed by atoms with Gasteiger partial charge in [-0.1, -0.05) is 20.8 Å². The molecular formula is C13H22N2OS. The summed E-state index contributed by atoms with van der Waals surface area (Å²) in [6.07, 6.45) is 0.864. The molecule has 1 aliphatic heterocycles. The van der Waals surface area contributed by atoms with Crippen LogP contribution < -0.4 is 0 Å². The quantitative estimate of drug-likeness (QED) is 0.880. The molecule has 3 nitrogen and oxygen atoms in total. The fourth-order valence-corrected chi connectivity index (χ4v) is 3.03. The number of β-amino-alcohol motifs (C(OH)–C–C–N with tert-alkyl or cyclic N) is 1. The maximum absolute atomic E-state index is 9.92.